The molecule has 1 saturated carbocycles. The summed E-state index contributed by atoms with van der Waals surface area (Å²) in [7, 11) is 1.59. The molecular weight excluding hydrogens is 721 g/mol. The smallest absolute Gasteiger partial charge is 0.338 e. The van der Waals surface area contributed by atoms with Gasteiger partial charge >= 0.3 is 5.97 Å². The molecule has 8 rings (SSSR count). The van der Waals surface area contributed by atoms with Crippen LogP contribution in [0.2, 0.25) is 0 Å². The Hall–Kier alpha value is -5.39. The largest absolute Gasteiger partial charge is 0.456 e. The highest BCUT2D eigenvalue weighted by atomic mass is 16.8. The first-order valence-corrected chi connectivity index (χ1v) is 19.8. The highest BCUT2D eigenvalue weighted by Gasteiger charge is 2.55. The maximum absolute atomic E-state index is 14.5. The molecule has 2 N–H and O–H groups in total. The van der Waals surface area contributed by atoms with Gasteiger partial charge in [0.05, 0.1) is 24.4 Å². The number of amides is 2. The number of nitrogens with one attached hydrogen (secondary N) is 1. The van der Waals surface area contributed by atoms with Crippen LogP contribution in [0.5, 0.6) is 0 Å². The van der Waals surface area contributed by atoms with E-state index in [1.54, 1.807) is 19.2 Å². The monoisotopic (exact) mass is 768 g/mol. The van der Waals surface area contributed by atoms with Gasteiger partial charge in [0.2, 0.25) is 17.6 Å². The number of allylic oxidation sites excluding steroid dienone is 1. The predicted octanol–water partition coefficient (Wildman–Crippen LogP) is 5.99. The fraction of sp³-hybridized carbons (Fsp3) is 0.340. The Bertz CT molecular complexity index is 2070. The van der Waals surface area contributed by atoms with Crippen molar-refractivity contribution in [1.29, 1.82) is 0 Å². The third-order valence-electron chi connectivity index (χ3n) is 11.4. The lowest BCUT2D eigenvalue weighted by molar-refractivity contribution is -0.157. The van der Waals surface area contributed by atoms with Crippen molar-refractivity contribution >= 4 is 23.9 Å². The second-order valence-corrected chi connectivity index (χ2v) is 15.3. The molecule has 4 aromatic carbocycles. The van der Waals surface area contributed by atoms with E-state index in [-0.39, 0.29) is 26.0 Å². The summed E-state index contributed by atoms with van der Waals surface area (Å²) in [5, 5.41) is 12.2. The zero-order valence-electron chi connectivity index (χ0n) is 31.9. The topological polar surface area (TPSA) is 127 Å². The summed E-state index contributed by atoms with van der Waals surface area (Å²) in [5.41, 5.74) is 3.96. The van der Waals surface area contributed by atoms with Crippen LogP contribution in [0.3, 0.4) is 0 Å². The van der Waals surface area contributed by atoms with E-state index < -0.39 is 47.9 Å². The highest BCUT2D eigenvalue weighted by Crippen LogP contribution is 2.47. The summed E-state index contributed by atoms with van der Waals surface area (Å²) in [6.07, 6.45) is 7.81. The minimum absolute atomic E-state index is 0.0287. The molecule has 2 aliphatic carbocycles. The molecule has 0 bridgehead atoms. The zero-order chi connectivity index (χ0) is 39.4. The molecule has 4 aromatic rings. The molecule has 3 fully saturated rings. The highest BCUT2D eigenvalue weighted by molar-refractivity contribution is 5.97. The lowest BCUT2D eigenvalue weighted by atomic mass is 9.88. The Kier molecular flexibility index (Phi) is 11.5. The Labute approximate surface area is 333 Å². The van der Waals surface area contributed by atoms with Gasteiger partial charge in [-0.2, -0.15) is 0 Å². The molecule has 2 amide bonds. The number of benzene rings is 4. The number of esters is 1. The second-order valence-electron chi connectivity index (χ2n) is 15.3. The summed E-state index contributed by atoms with van der Waals surface area (Å²) in [4.78, 5) is 43.5. The van der Waals surface area contributed by atoms with Gasteiger partial charge in [-0.25, -0.2) is 4.79 Å². The third kappa shape index (κ3) is 8.50. The number of rotatable bonds is 13. The molecule has 10 nitrogen and oxygen atoms in total. The first-order valence-electron chi connectivity index (χ1n) is 19.8. The number of ether oxygens (including phenoxy) is 4. The van der Waals surface area contributed by atoms with Crippen molar-refractivity contribution in [1.82, 2.24) is 10.2 Å². The van der Waals surface area contributed by atoms with Gasteiger partial charge in [0.15, 0.2) is 0 Å². The van der Waals surface area contributed by atoms with Crippen LogP contribution in [0.1, 0.15) is 58.3 Å². The normalized spacial score (nSPS) is 25.1. The van der Waals surface area contributed by atoms with Crippen LogP contribution >= 0.6 is 0 Å². The summed E-state index contributed by atoms with van der Waals surface area (Å²) in [5.74, 6) is -2.28. The number of aliphatic hydroxyl groups is 1. The molecule has 0 radical (unpaired) electrons. The first kappa shape index (κ1) is 38.5. The van der Waals surface area contributed by atoms with E-state index in [2.05, 4.69) is 17.5 Å². The molecule has 3 unspecified atom stereocenters. The van der Waals surface area contributed by atoms with Gasteiger partial charge in [0.25, 0.3) is 0 Å². The molecule has 0 spiro atoms. The van der Waals surface area contributed by atoms with Gasteiger partial charge in [-0.15, -0.1) is 0 Å². The Morgan fingerprint density at radius 1 is 0.895 bits per heavy atom. The molecule has 4 aliphatic rings. The van der Waals surface area contributed by atoms with Gasteiger partial charge < -0.3 is 34.3 Å². The maximum Gasteiger partial charge on any atom is 0.338 e. The number of nitrogens with zero attached hydrogens (tertiary/aromatic N) is 1. The number of aliphatic hydroxyl groups excluding tert-OH is 1. The molecular formula is C47H48N2O8. The third-order valence-corrected chi connectivity index (χ3v) is 11.4. The molecule has 294 valence electrons. The fourth-order valence-electron chi connectivity index (χ4n) is 8.32. The number of hydrogen-bond acceptors (Lipinski definition) is 8. The molecule has 7 atom stereocenters. The van der Waals surface area contributed by atoms with Gasteiger partial charge in [0.1, 0.15) is 24.4 Å². The molecule has 57 heavy (non-hydrogen) atoms. The van der Waals surface area contributed by atoms with Crippen molar-refractivity contribution in [3.8, 4) is 0 Å². The SMILES string of the molecule is CN(C(=O)C1=C[C@H]2OC(c3ccccc3)(c3ccccc3)O[C@H]2[C@H](OC(=O)c2cccc(C=CC3CCC4OC4C3)c2)C1)[C@H](Cc1ccccc1)C(=O)NCCO. The Balaban J connectivity index is 1.10. The predicted molar refractivity (Wildman–Crippen MR) is 214 cm³/mol. The van der Waals surface area contributed by atoms with Crippen LogP contribution in [0, 0.1) is 5.92 Å². The van der Waals surface area contributed by atoms with Crippen LogP contribution in [-0.2, 0) is 40.7 Å². The molecule has 10 heteroatoms. The van der Waals surface area contributed by atoms with Gasteiger partial charge in [0, 0.05) is 43.1 Å². The van der Waals surface area contributed by atoms with E-state index in [9.17, 15) is 19.5 Å². The lowest BCUT2D eigenvalue weighted by Crippen LogP contribution is -2.51. The van der Waals surface area contributed by atoms with Crippen LogP contribution in [0.15, 0.2) is 133 Å². The molecule has 2 saturated heterocycles. The number of carbonyl (C=O) groups is 3. The van der Waals surface area contributed by atoms with E-state index in [1.165, 1.54) is 4.90 Å². The Morgan fingerprint density at radius 3 is 2.28 bits per heavy atom. The number of likely N-dealkylation sites (N-methyl/N-ethyl adjacent to an activating group) is 1. The van der Waals surface area contributed by atoms with Crippen LogP contribution in [0.4, 0.5) is 0 Å². The molecule has 0 aromatic heterocycles. The summed E-state index contributed by atoms with van der Waals surface area (Å²) in [6.45, 7) is -0.184. The average Bonchev–Trinajstić information content (AvgIpc) is 3.93. The fourth-order valence-corrected chi connectivity index (χ4v) is 8.32. The number of hydrogen-bond donors (Lipinski definition) is 2. The van der Waals surface area contributed by atoms with Gasteiger partial charge in [-0.1, -0.05) is 115 Å². The lowest BCUT2D eigenvalue weighted by Gasteiger charge is -2.33. The van der Waals surface area contributed by atoms with Crippen molar-refractivity contribution in [2.45, 2.75) is 74.5 Å². The summed E-state index contributed by atoms with van der Waals surface area (Å²) >= 11 is 0. The quantitative estimate of drug-likeness (QED) is 0.126. The second kappa shape index (κ2) is 17.0. The van der Waals surface area contributed by atoms with Crippen molar-refractivity contribution in [3.63, 3.8) is 0 Å². The van der Waals surface area contributed by atoms with Crippen molar-refractivity contribution in [2.24, 2.45) is 5.92 Å². The van der Waals surface area contributed by atoms with Gasteiger partial charge in [-0.05, 0) is 54.5 Å². The summed E-state index contributed by atoms with van der Waals surface area (Å²) < 4.78 is 25.9. The van der Waals surface area contributed by atoms with E-state index in [1.807, 2.05) is 109 Å². The van der Waals surface area contributed by atoms with Crippen LogP contribution in [-0.4, -0.2) is 84.6 Å². The van der Waals surface area contributed by atoms with Crippen molar-refractivity contribution in [2.75, 3.05) is 20.2 Å². The van der Waals surface area contributed by atoms with Crippen LogP contribution in [0.25, 0.3) is 6.08 Å². The van der Waals surface area contributed by atoms with Crippen LogP contribution < -0.4 is 5.32 Å². The van der Waals surface area contributed by atoms with E-state index in [0.717, 1.165) is 41.5 Å². The van der Waals surface area contributed by atoms with Crippen molar-refractivity contribution in [3.05, 3.63) is 161 Å². The first-order chi connectivity index (χ1) is 27.8. The average molecular weight is 769 g/mol. The van der Waals surface area contributed by atoms with Crippen molar-refractivity contribution < 1.29 is 38.4 Å². The standard InChI is InChI=1S/C47H48N2O8/c1-49(38(44(51)48-24-25-50)27-31-12-5-2-6-13-31)45(52)35-29-41(55-46(53)34-15-11-14-32(26-34)20-21-33-22-23-39-40(28-33)54-39)43-42(30-35)56-47(57-43,36-16-7-3-8-17-36)37-18-9-4-10-19-37/h2-21,26,30,33,38-43,50H,22-25,27-29H2,1H3,(H,48,51)/t33?,38-,39?,40?,41-,42-,43+/m1/s1. The number of epoxide rings is 1. The van der Waals surface area contributed by atoms with Gasteiger partial charge in [-0.3, -0.25) is 9.59 Å². The van der Waals surface area contributed by atoms with E-state index in [4.69, 9.17) is 18.9 Å². The molecule has 2 heterocycles. The minimum atomic E-state index is -1.36. The Morgan fingerprint density at radius 2 is 1.60 bits per heavy atom. The van der Waals surface area contributed by atoms with E-state index in [0.29, 0.717) is 29.3 Å². The maximum atomic E-state index is 14.5. The number of carbonyl (C=O) groups excluding carboxylic acids is 3. The molecule has 2 aliphatic heterocycles. The minimum Gasteiger partial charge on any atom is -0.456 e. The zero-order valence-corrected chi connectivity index (χ0v) is 31.9. The van der Waals surface area contributed by atoms with E-state index >= 15 is 0 Å². The number of fused-ring (bicyclic) bond motifs is 2. The summed E-state index contributed by atoms with van der Waals surface area (Å²) in [6, 6.07) is 35.1.